The van der Waals surface area contributed by atoms with Crippen LogP contribution in [0, 0.1) is 11.7 Å². The van der Waals surface area contributed by atoms with Gasteiger partial charge in [-0.3, -0.25) is 0 Å². The highest BCUT2D eigenvalue weighted by Gasteiger charge is 2.13. The zero-order valence-electron chi connectivity index (χ0n) is 13.2. The molecule has 1 fully saturated rings. The van der Waals surface area contributed by atoms with Gasteiger partial charge in [-0.2, -0.15) is 0 Å². The van der Waals surface area contributed by atoms with Crippen molar-refractivity contribution in [2.24, 2.45) is 5.92 Å². The predicted molar refractivity (Wildman–Crippen MR) is 84.6 cm³/mol. The van der Waals surface area contributed by atoms with Crippen LogP contribution in [0.3, 0.4) is 0 Å². The van der Waals surface area contributed by atoms with Gasteiger partial charge in [-0.05, 0) is 49.4 Å². The summed E-state index contributed by atoms with van der Waals surface area (Å²) in [5, 5.41) is 3.34. The van der Waals surface area contributed by atoms with Crippen molar-refractivity contribution in [2.75, 3.05) is 13.2 Å². The van der Waals surface area contributed by atoms with E-state index < -0.39 is 0 Å². The Labute approximate surface area is 128 Å². The van der Waals surface area contributed by atoms with E-state index in [1.165, 1.54) is 32.1 Å². The van der Waals surface area contributed by atoms with Crippen molar-refractivity contribution in [3.8, 4) is 0 Å². The van der Waals surface area contributed by atoms with Crippen molar-refractivity contribution in [1.82, 2.24) is 5.32 Å². The topological polar surface area (TPSA) is 21.3 Å². The van der Waals surface area contributed by atoms with Crippen LogP contribution in [0.2, 0.25) is 0 Å². The molecule has 0 aromatic heterocycles. The average Bonchev–Trinajstić information content (AvgIpc) is 2.51. The third-order valence-corrected chi connectivity index (χ3v) is 4.20. The summed E-state index contributed by atoms with van der Waals surface area (Å²) in [5.74, 6) is 0.522. The van der Waals surface area contributed by atoms with Crippen molar-refractivity contribution in [3.05, 3.63) is 35.1 Å². The smallest absolute Gasteiger partial charge is 0.128 e. The van der Waals surface area contributed by atoms with Gasteiger partial charge in [-0.1, -0.05) is 32.3 Å². The summed E-state index contributed by atoms with van der Waals surface area (Å²) in [7, 11) is 0. The largest absolute Gasteiger partial charge is 0.376 e. The van der Waals surface area contributed by atoms with Gasteiger partial charge < -0.3 is 10.1 Å². The van der Waals surface area contributed by atoms with Gasteiger partial charge in [0, 0.05) is 18.7 Å². The van der Waals surface area contributed by atoms with E-state index in [0.717, 1.165) is 31.7 Å². The summed E-state index contributed by atoms with van der Waals surface area (Å²) in [6.45, 7) is 5.10. The molecule has 21 heavy (non-hydrogen) atoms. The van der Waals surface area contributed by atoms with Gasteiger partial charge in [0.15, 0.2) is 0 Å². The Morgan fingerprint density at radius 3 is 2.81 bits per heavy atom. The molecule has 3 heteroatoms. The number of hydrogen-bond donors (Lipinski definition) is 1. The Kier molecular flexibility index (Phi) is 7.17. The fourth-order valence-corrected chi connectivity index (χ4v) is 2.95. The molecule has 1 aliphatic carbocycles. The van der Waals surface area contributed by atoms with Crippen molar-refractivity contribution in [3.63, 3.8) is 0 Å². The van der Waals surface area contributed by atoms with Gasteiger partial charge >= 0.3 is 0 Å². The maximum absolute atomic E-state index is 13.8. The first-order valence-electron chi connectivity index (χ1n) is 8.35. The monoisotopic (exact) mass is 293 g/mol. The normalized spacial score (nSPS) is 16.3. The molecule has 118 valence electrons. The number of hydrogen-bond acceptors (Lipinski definition) is 2. The molecule has 2 nitrogen and oxygen atoms in total. The molecular formula is C18H28FNO. The van der Waals surface area contributed by atoms with E-state index >= 15 is 0 Å². The van der Waals surface area contributed by atoms with Crippen LogP contribution < -0.4 is 5.32 Å². The Morgan fingerprint density at radius 1 is 1.24 bits per heavy atom. The van der Waals surface area contributed by atoms with Gasteiger partial charge in [0.25, 0.3) is 0 Å². The second-order valence-electron chi connectivity index (χ2n) is 6.12. The summed E-state index contributed by atoms with van der Waals surface area (Å²) >= 11 is 0. The SMILES string of the molecule is CCCNCc1ccc(F)c(COCC2CCCCC2)c1. The quantitative estimate of drug-likeness (QED) is 0.716. The second kappa shape index (κ2) is 9.16. The summed E-state index contributed by atoms with van der Waals surface area (Å²) in [6, 6.07) is 5.34. The molecule has 0 saturated heterocycles. The molecule has 0 spiro atoms. The average molecular weight is 293 g/mol. The van der Waals surface area contributed by atoms with E-state index in [9.17, 15) is 4.39 Å². The maximum Gasteiger partial charge on any atom is 0.128 e. The lowest BCUT2D eigenvalue weighted by Crippen LogP contribution is -2.15. The Balaban J connectivity index is 1.79. The Morgan fingerprint density at radius 2 is 2.05 bits per heavy atom. The zero-order valence-corrected chi connectivity index (χ0v) is 13.2. The molecule has 1 N–H and O–H groups in total. The second-order valence-corrected chi connectivity index (χ2v) is 6.12. The number of ether oxygens (including phenoxy) is 1. The molecule has 0 amide bonds. The number of benzene rings is 1. The zero-order chi connectivity index (χ0) is 14.9. The van der Waals surface area contributed by atoms with E-state index in [2.05, 4.69) is 12.2 Å². The third kappa shape index (κ3) is 5.76. The molecule has 1 aliphatic rings. The highest BCUT2D eigenvalue weighted by atomic mass is 19.1. The van der Waals surface area contributed by atoms with Gasteiger partial charge in [0.2, 0.25) is 0 Å². The van der Waals surface area contributed by atoms with Gasteiger partial charge in [0.05, 0.1) is 6.61 Å². The molecule has 1 saturated carbocycles. The first kappa shape index (κ1) is 16.4. The van der Waals surface area contributed by atoms with Crippen molar-refractivity contribution in [1.29, 1.82) is 0 Å². The van der Waals surface area contributed by atoms with Crippen molar-refractivity contribution in [2.45, 2.75) is 58.6 Å². The molecule has 0 heterocycles. The van der Waals surface area contributed by atoms with Gasteiger partial charge in [0.1, 0.15) is 5.82 Å². The number of halogens is 1. The van der Waals surface area contributed by atoms with Crippen LogP contribution >= 0.6 is 0 Å². The first-order valence-corrected chi connectivity index (χ1v) is 8.35. The van der Waals surface area contributed by atoms with Gasteiger partial charge in [-0.25, -0.2) is 4.39 Å². The van der Waals surface area contributed by atoms with Crippen LogP contribution in [0.1, 0.15) is 56.6 Å². The van der Waals surface area contributed by atoms with Crippen LogP contribution in [-0.2, 0) is 17.9 Å². The van der Waals surface area contributed by atoms with E-state index in [0.29, 0.717) is 18.1 Å². The van der Waals surface area contributed by atoms with E-state index in [4.69, 9.17) is 4.74 Å². The lowest BCUT2D eigenvalue weighted by atomic mass is 9.90. The minimum absolute atomic E-state index is 0.155. The van der Waals surface area contributed by atoms with Crippen LogP contribution in [-0.4, -0.2) is 13.2 Å². The summed E-state index contributed by atoms with van der Waals surface area (Å²) < 4.78 is 19.6. The molecule has 0 unspecified atom stereocenters. The lowest BCUT2D eigenvalue weighted by molar-refractivity contribution is 0.0722. The Hall–Kier alpha value is -0.930. The fourth-order valence-electron chi connectivity index (χ4n) is 2.95. The van der Waals surface area contributed by atoms with E-state index in [-0.39, 0.29) is 5.82 Å². The third-order valence-electron chi connectivity index (χ3n) is 4.20. The first-order chi connectivity index (χ1) is 10.3. The number of nitrogens with one attached hydrogen (secondary N) is 1. The van der Waals surface area contributed by atoms with E-state index in [1.54, 1.807) is 6.07 Å². The molecule has 0 bridgehead atoms. The molecule has 1 aromatic carbocycles. The van der Waals surface area contributed by atoms with Crippen LogP contribution in [0.5, 0.6) is 0 Å². The van der Waals surface area contributed by atoms with Crippen LogP contribution in [0.25, 0.3) is 0 Å². The molecule has 0 aliphatic heterocycles. The maximum atomic E-state index is 13.8. The minimum atomic E-state index is -0.155. The standard InChI is InChI=1S/C18H28FNO/c1-2-10-20-12-16-8-9-18(19)17(11-16)14-21-13-15-6-4-3-5-7-15/h8-9,11,15,20H,2-7,10,12-14H2,1H3. The molecule has 0 radical (unpaired) electrons. The Bertz CT molecular complexity index is 416. The van der Waals surface area contributed by atoms with Crippen LogP contribution in [0.15, 0.2) is 18.2 Å². The van der Waals surface area contributed by atoms with Gasteiger partial charge in [-0.15, -0.1) is 0 Å². The molecular weight excluding hydrogens is 265 g/mol. The molecule has 2 rings (SSSR count). The van der Waals surface area contributed by atoms with Crippen molar-refractivity contribution >= 4 is 0 Å². The van der Waals surface area contributed by atoms with Crippen LogP contribution in [0.4, 0.5) is 4.39 Å². The van der Waals surface area contributed by atoms with E-state index in [1.807, 2.05) is 12.1 Å². The van der Waals surface area contributed by atoms with Crippen molar-refractivity contribution < 1.29 is 9.13 Å². The highest BCUT2D eigenvalue weighted by Crippen LogP contribution is 2.24. The lowest BCUT2D eigenvalue weighted by Gasteiger charge is -2.21. The number of rotatable bonds is 8. The minimum Gasteiger partial charge on any atom is -0.376 e. The molecule has 0 atom stereocenters. The summed E-state index contributed by atoms with van der Waals surface area (Å²) in [6.07, 6.45) is 7.64. The molecule has 1 aromatic rings. The highest BCUT2D eigenvalue weighted by molar-refractivity contribution is 5.24. The summed E-state index contributed by atoms with van der Waals surface area (Å²) in [4.78, 5) is 0. The predicted octanol–water partition coefficient (Wildman–Crippen LogP) is 4.42. The summed E-state index contributed by atoms with van der Waals surface area (Å²) in [5.41, 5.74) is 1.81. The fraction of sp³-hybridized carbons (Fsp3) is 0.667.